The first-order valence-corrected chi connectivity index (χ1v) is 8.26. The second-order valence-corrected chi connectivity index (χ2v) is 6.62. The van der Waals surface area contributed by atoms with Gasteiger partial charge in [-0.2, -0.15) is 0 Å². The van der Waals surface area contributed by atoms with Crippen LogP contribution in [0.15, 0.2) is 35.7 Å². The highest BCUT2D eigenvalue weighted by Gasteiger charge is 2.29. The second-order valence-electron chi connectivity index (χ2n) is 5.18. The Morgan fingerprint density at radius 3 is 2.73 bits per heavy atom. The number of amides is 3. The molecule has 0 aliphatic carbocycles. The van der Waals surface area contributed by atoms with Gasteiger partial charge in [0.25, 0.3) is 5.91 Å². The van der Waals surface area contributed by atoms with Gasteiger partial charge in [0.2, 0.25) is 0 Å². The monoisotopic (exact) mass is 334 g/mol. The molecule has 22 heavy (non-hydrogen) atoms. The van der Waals surface area contributed by atoms with Gasteiger partial charge >= 0.3 is 6.03 Å². The second kappa shape index (κ2) is 6.10. The Morgan fingerprint density at radius 1 is 1.27 bits per heavy atom. The van der Waals surface area contributed by atoms with Crippen molar-refractivity contribution in [2.24, 2.45) is 0 Å². The number of urea groups is 1. The van der Waals surface area contributed by atoms with Crippen molar-refractivity contribution in [1.29, 1.82) is 0 Å². The third-order valence-electron chi connectivity index (χ3n) is 3.86. The van der Waals surface area contributed by atoms with Gasteiger partial charge in [0, 0.05) is 22.0 Å². The number of benzene rings is 1. The number of fused-ring (bicyclic) bond motifs is 1. The van der Waals surface area contributed by atoms with Gasteiger partial charge in [-0.3, -0.25) is 10.1 Å². The van der Waals surface area contributed by atoms with E-state index < -0.39 is 5.91 Å². The maximum atomic E-state index is 12.4. The molecule has 1 N–H and O–H groups in total. The number of hydrogen-bond acceptors (Lipinski definition) is 3. The van der Waals surface area contributed by atoms with Gasteiger partial charge in [-0.05, 0) is 54.6 Å². The van der Waals surface area contributed by atoms with Crippen molar-refractivity contribution in [3.63, 3.8) is 0 Å². The van der Waals surface area contributed by atoms with Crippen LogP contribution in [0.5, 0.6) is 0 Å². The molecule has 6 heteroatoms. The minimum absolute atomic E-state index is 0.0204. The first kappa shape index (κ1) is 15.1. The Morgan fingerprint density at radius 2 is 2.00 bits per heavy atom. The molecule has 1 atom stereocenters. The molecular formula is C16H15ClN2O2S. The molecule has 0 saturated heterocycles. The number of rotatable bonds is 1. The minimum atomic E-state index is -0.412. The maximum absolute atomic E-state index is 12.4. The summed E-state index contributed by atoms with van der Waals surface area (Å²) < 4.78 is 0. The van der Waals surface area contributed by atoms with Crippen LogP contribution in [0.25, 0.3) is 0 Å². The summed E-state index contributed by atoms with van der Waals surface area (Å²) >= 11 is 7.51. The molecular weight excluding hydrogens is 320 g/mol. The normalized spacial score (nSPS) is 17.0. The lowest BCUT2D eigenvalue weighted by Crippen LogP contribution is -2.46. The molecule has 0 radical (unpaired) electrons. The number of nitrogens with zero attached hydrogens (tertiary/aromatic N) is 1. The van der Waals surface area contributed by atoms with Gasteiger partial charge in [0.15, 0.2) is 0 Å². The zero-order valence-corrected chi connectivity index (χ0v) is 13.6. The number of carbonyl (C=O) groups is 2. The summed E-state index contributed by atoms with van der Waals surface area (Å²) in [5, 5.41) is 5.04. The number of nitrogens with one attached hydrogen (secondary N) is 1. The average Bonchev–Trinajstić information content (AvgIpc) is 2.97. The molecule has 0 fully saturated rings. The van der Waals surface area contributed by atoms with Crippen molar-refractivity contribution in [2.45, 2.75) is 19.4 Å². The van der Waals surface area contributed by atoms with Crippen LogP contribution in [0.3, 0.4) is 0 Å². The fraction of sp³-hybridized carbons (Fsp3) is 0.250. The SMILES string of the molecule is C[C@H]1c2ccsc2CCN1C(=O)NC(=O)c1ccc(Cl)cc1. The van der Waals surface area contributed by atoms with Gasteiger partial charge < -0.3 is 4.90 Å². The number of imide groups is 1. The van der Waals surface area contributed by atoms with Crippen LogP contribution in [0, 0.1) is 0 Å². The zero-order valence-electron chi connectivity index (χ0n) is 12.0. The Kier molecular flexibility index (Phi) is 4.18. The fourth-order valence-corrected chi connectivity index (χ4v) is 3.72. The third-order valence-corrected chi connectivity index (χ3v) is 5.11. The van der Waals surface area contributed by atoms with Crippen molar-refractivity contribution in [1.82, 2.24) is 10.2 Å². The molecule has 1 aliphatic rings. The first-order chi connectivity index (χ1) is 10.6. The molecule has 0 saturated carbocycles. The summed E-state index contributed by atoms with van der Waals surface area (Å²) in [4.78, 5) is 27.5. The molecule has 114 valence electrons. The molecule has 3 rings (SSSR count). The Bertz CT molecular complexity index is 711. The third kappa shape index (κ3) is 2.87. The summed E-state index contributed by atoms with van der Waals surface area (Å²) in [5.74, 6) is -0.412. The lowest BCUT2D eigenvalue weighted by Gasteiger charge is -2.33. The van der Waals surface area contributed by atoms with Crippen LogP contribution >= 0.6 is 22.9 Å². The van der Waals surface area contributed by atoms with Gasteiger partial charge in [-0.15, -0.1) is 11.3 Å². The van der Waals surface area contributed by atoms with E-state index in [9.17, 15) is 9.59 Å². The topological polar surface area (TPSA) is 49.4 Å². The van der Waals surface area contributed by atoms with E-state index in [2.05, 4.69) is 5.32 Å². The van der Waals surface area contributed by atoms with Gasteiger partial charge in [-0.25, -0.2) is 4.79 Å². The smallest absolute Gasteiger partial charge is 0.317 e. The molecule has 2 aromatic rings. The number of thiophene rings is 1. The van der Waals surface area contributed by atoms with Crippen LogP contribution in [-0.2, 0) is 6.42 Å². The predicted octanol–water partition coefficient (Wildman–Crippen LogP) is 3.87. The molecule has 2 heterocycles. The highest BCUT2D eigenvalue weighted by molar-refractivity contribution is 7.10. The van der Waals surface area contributed by atoms with Crippen LogP contribution in [0.4, 0.5) is 4.79 Å². The van der Waals surface area contributed by atoms with E-state index >= 15 is 0 Å². The number of halogens is 1. The largest absolute Gasteiger partial charge is 0.324 e. The van der Waals surface area contributed by atoms with E-state index in [0.717, 1.165) is 6.42 Å². The van der Waals surface area contributed by atoms with Gasteiger partial charge in [0.05, 0.1) is 6.04 Å². The van der Waals surface area contributed by atoms with Crippen molar-refractivity contribution < 1.29 is 9.59 Å². The molecule has 1 aliphatic heterocycles. The van der Waals surface area contributed by atoms with Crippen LogP contribution in [0.2, 0.25) is 5.02 Å². The lowest BCUT2D eigenvalue weighted by atomic mass is 10.0. The van der Waals surface area contributed by atoms with Crippen molar-refractivity contribution in [3.05, 3.63) is 56.7 Å². The summed E-state index contributed by atoms with van der Waals surface area (Å²) in [6.45, 7) is 2.60. The van der Waals surface area contributed by atoms with E-state index in [0.29, 0.717) is 17.1 Å². The van der Waals surface area contributed by atoms with E-state index in [1.165, 1.54) is 10.4 Å². The van der Waals surface area contributed by atoms with E-state index in [1.54, 1.807) is 40.5 Å². The Labute approximate surface area is 137 Å². The minimum Gasteiger partial charge on any atom is -0.317 e. The van der Waals surface area contributed by atoms with Crippen LogP contribution < -0.4 is 5.32 Å². The Hall–Kier alpha value is -1.85. The molecule has 3 amide bonds. The van der Waals surface area contributed by atoms with Crippen molar-refractivity contribution >= 4 is 34.9 Å². The molecule has 0 bridgehead atoms. The molecule has 0 unspecified atom stereocenters. The average molecular weight is 335 g/mol. The number of carbonyl (C=O) groups excluding carboxylic acids is 2. The predicted molar refractivity (Wildman–Crippen MR) is 87.5 cm³/mol. The van der Waals surface area contributed by atoms with Crippen molar-refractivity contribution in [3.8, 4) is 0 Å². The molecule has 4 nitrogen and oxygen atoms in total. The molecule has 1 aromatic carbocycles. The summed E-state index contributed by atoms with van der Waals surface area (Å²) in [7, 11) is 0. The molecule has 0 spiro atoms. The van der Waals surface area contributed by atoms with E-state index in [4.69, 9.17) is 11.6 Å². The van der Waals surface area contributed by atoms with E-state index in [1.807, 2.05) is 18.4 Å². The Balaban J connectivity index is 1.70. The van der Waals surface area contributed by atoms with Crippen LogP contribution in [-0.4, -0.2) is 23.4 Å². The van der Waals surface area contributed by atoms with Crippen LogP contribution in [0.1, 0.15) is 33.8 Å². The number of hydrogen-bond donors (Lipinski definition) is 1. The lowest BCUT2D eigenvalue weighted by molar-refractivity contribution is 0.0944. The fourth-order valence-electron chi connectivity index (χ4n) is 2.63. The zero-order chi connectivity index (χ0) is 15.7. The van der Waals surface area contributed by atoms with E-state index in [-0.39, 0.29) is 12.1 Å². The highest BCUT2D eigenvalue weighted by atomic mass is 35.5. The van der Waals surface area contributed by atoms with Crippen molar-refractivity contribution in [2.75, 3.05) is 6.54 Å². The summed E-state index contributed by atoms with van der Waals surface area (Å²) in [6, 6.07) is 8.12. The molecule has 1 aromatic heterocycles. The van der Waals surface area contributed by atoms with Gasteiger partial charge in [0.1, 0.15) is 0 Å². The van der Waals surface area contributed by atoms with Gasteiger partial charge in [-0.1, -0.05) is 11.6 Å². The highest BCUT2D eigenvalue weighted by Crippen LogP contribution is 2.32. The first-order valence-electron chi connectivity index (χ1n) is 7.00. The summed E-state index contributed by atoms with van der Waals surface area (Å²) in [5.41, 5.74) is 1.59. The summed E-state index contributed by atoms with van der Waals surface area (Å²) in [6.07, 6.45) is 0.833. The quantitative estimate of drug-likeness (QED) is 0.860. The maximum Gasteiger partial charge on any atom is 0.324 e. The standard InChI is InChI=1S/C16H15ClN2O2S/c1-10-13-7-9-22-14(13)6-8-19(10)16(21)18-15(20)11-2-4-12(17)5-3-11/h2-5,7,9-10H,6,8H2,1H3,(H,18,20,21)/t10-/m0/s1.